The highest BCUT2D eigenvalue weighted by Gasteiger charge is 1.98. The molecule has 0 radical (unpaired) electrons. The molecule has 0 saturated heterocycles. The third-order valence-electron chi connectivity index (χ3n) is 1.55. The van der Waals surface area contributed by atoms with E-state index in [0.717, 1.165) is 21.8 Å². The molecule has 0 amide bonds. The molecule has 1 rings (SSSR count). The van der Waals surface area contributed by atoms with E-state index in [1.807, 2.05) is 12.1 Å². The van der Waals surface area contributed by atoms with E-state index >= 15 is 0 Å². The van der Waals surface area contributed by atoms with Crippen LogP contribution in [0, 0.1) is 12.3 Å². The monoisotopic (exact) mass is 286 g/mol. The molecule has 62 valence electrons. The van der Waals surface area contributed by atoms with Crippen molar-refractivity contribution in [1.82, 2.24) is 0 Å². The van der Waals surface area contributed by atoms with Crippen LogP contribution < -0.4 is 0 Å². The normalized spacial score (nSPS) is 9.42. The maximum atomic E-state index is 5.19. The Morgan fingerprint density at radius 2 is 2.08 bits per heavy atom. The first-order valence-corrected chi connectivity index (χ1v) is 5.20. The molecular weight excluding hydrogens is 280 g/mol. The largest absolute Gasteiger partial charge is 0.120 e. The molecular formula is C10H8Br2. The zero-order chi connectivity index (χ0) is 8.97. The van der Waals surface area contributed by atoms with Gasteiger partial charge in [-0.15, -0.1) is 12.3 Å². The molecule has 0 bridgehead atoms. The second-order valence-electron chi connectivity index (χ2n) is 2.44. The Hall–Kier alpha value is -0.260. The standard InChI is InChI=1S/C10H8Br2/c1-2-3-4-8-7-9(11)5-6-10(8)12/h1,5-7H,3-4H2. The van der Waals surface area contributed by atoms with Gasteiger partial charge in [0.1, 0.15) is 0 Å². The summed E-state index contributed by atoms with van der Waals surface area (Å²) in [5, 5.41) is 0. The molecule has 0 fully saturated rings. The summed E-state index contributed by atoms with van der Waals surface area (Å²) in [5.74, 6) is 2.63. The predicted octanol–water partition coefficient (Wildman–Crippen LogP) is 3.78. The van der Waals surface area contributed by atoms with Crippen LogP contribution in [0.5, 0.6) is 0 Å². The minimum atomic E-state index is 0.787. The van der Waals surface area contributed by atoms with Gasteiger partial charge < -0.3 is 0 Å². The van der Waals surface area contributed by atoms with Gasteiger partial charge in [-0.1, -0.05) is 31.9 Å². The van der Waals surface area contributed by atoms with Gasteiger partial charge in [0, 0.05) is 15.4 Å². The van der Waals surface area contributed by atoms with Crippen LogP contribution in [0.4, 0.5) is 0 Å². The maximum absolute atomic E-state index is 5.19. The summed E-state index contributed by atoms with van der Waals surface area (Å²) < 4.78 is 2.22. The molecule has 1 aromatic rings. The Labute approximate surface area is 89.6 Å². The van der Waals surface area contributed by atoms with Crippen molar-refractivity contribution in [2.45, 2.75) is 12.8 Å². The van der Waals surface area contributed by atoms with Crippen LogP contribution in [0.3, 0.4) is 0 Å². The lowest BCUT2D eigenvalue weighted by molar-refractivity contribution is 1.02. The van der Waals surface area contributed by atoms with Gasteiger partial charge in [0.2, 0.25) is 0 Å². The molecule has 0 unspecified atom stereocenters. The third-order valence-corrected chi connectivity index (χ3v) is 2.81. The highest BCUT2D eigenvalue weighted by molar-refractivity contribution is 9.11. The lowest BCUT2D eigenvalue weighted by Gasteiger charge is -2.01. The molecule has 0 spiro atoms. The lowest BCUT2D eigenvalue weighted by Crippen LogP contribution is -1.85. The number of terminal acetylenes is 1. The fourth-order valence-corrected chi connectivity index (χ4v) is 1.80. The molecule has 0 aliphatic heterocycles. The van der Waals surface area contributed by atoms with Crippen LogP contribution in [0.25, 0.3) is 0 Å². The number of benzene rings is 1. The van der Waals surface area contributed by atoms with Crippen LogP contribution in [-0.2, 0) is 6.42 Å². The first kappa shape index (κ1) is 9.83. The van der Waals surface area contributed by atoms with Crippen LogP contribution in [0.2, 0.25) is 0 Å². The molecule has 1 aromatic carbocycles. The van der Waals surface area contributed by atoms with Crippen LogP contribution >= 0.6 is 31.9 Å². The molecule has 0 aromatic heterocycles. The Morgan fingerprint density at radius 1 is 1.33 bits per heavy atom. The first-order chi connectivity index (χ1) is 5.74. The zero-order valence-corrected chi connectivity index (χ0v) is 9.65. The molecule has 0 heterocycles. The third kappa shape index (κ3) is 2.66. The summed E-state index contributed by atoms with van der Waals surface area (Å²) in [5.41, 5.74) is 1.25. The summed E-state index contributed by atoms with van der Waals surface area (Å²) in [7, 11) is 0. The van der Waals surface area contributed by atoms with Gasteiger partial charge in [-0.25, -0.2) is 0 Å². The van der Waals surface area contributed by atoms with Crippen molar-refractivity contribution in [3.8, 4) is 12.3 Å². The Kier molecular flexibility index (Phi) is 3.84. The van der Waals surface area contributed by atoms with E-state index in [1.54, 1.807) is 0 Å². The fraction of sp³-hybridized carbons (Fsp3) is 0.200. The molecule has 12 heavy (non-hydrogen) atoms. The van der Waals surface area contributed by atoms with Crippen LogP contribution in [-0.4, -0.2) is 0 Å². The van der Waals surface area contributed by atoms with Crippen molar-refractivity contribution in [3.63, 3.8) is 0 Å². The van der Waals surface area contributed by atoms with E-state index in [1.165, 1.54) is 5.56 Å². The molecule has 0 N–H and O–H groups in total. The number of halogens is 2. The SMILES string of the molecule is C#CCCc1cc(Br)ccc1Br. The predicted molar refractivity (Wildman–Crippen MR) is 59.0 cm³/mol. The Bertz CT molecular complexity index is 310. The van der Waals surface area contributed by atoms with Crippen LogP contribution in [0.15, 0.2) is 27.1 Å². The molecule has 0 aliphatic rings. The summed E-state index contributed by atoms with van der Waals surface area (Å²) in [6.45, 7) is 0. The second-order valence-corrected chi connectivity index (χ2v) is 4.21. The van der Waals surface area contributed by atoms with Crippen molar-refractivity contribution in [3.05, 3.63) is 32.7 Å². The fourth-order valence-electron chi connectivity index (χ4n) is 0.942. The van der Waals surface area contributed by atoms with Gasteiger partial charge in [-0.05, 0) is 30.2 Å². The van der Waals surface area contributed by atoms with E-state index < -0.39 is 0 Å². The summed E-state index contributed by atoms with van der Waals surface area (Å²) in [4.78, 5) is 0. The zero-order valence-electron chi connectivity index (χ0n) is 6.48. The molecule has 0 aliphatic carbocycles. The van der Waals surface area contributed by atoms with Crippen molar-refractivity contribution >= 4 is 31.9 Å². The van der Waals surface area contributed by atoms with Crippen molar-refractivity contribution in [1.29, 1.82) is 0 Å². The number of hydrogen-bond donors (Lipinski definition) is 0. The van der Waals surface area contributed by atoms with E-state index in [2.05, 4.69) is 43.8 Å². The smallest absolute Gasteiger partial charge is 0.0208 e. The van der Waals surface area contributed by atoms with Gasteiger partial charge in [-0.2, -0.15) is 0 Å². The van der Waals surface area contributed by atoms with Gasteiger partial charge in [0.05, 0.1) is 0 Å². The summed E-state index contributed by atoms with van der Waals surface area (Å²) in [6, 6.07) is 6.11. The number of hydrogen-bond acceptors (Lipinski definition) is 0. The quantitative estimate of drug-likeness (QED) is 0.726. The second kappa shape index (κ2) is 4.69. The lowest BCUT2D eigenvalue weighted by atomic mass is 10.1. The Morgan fingerprint density at radius 3 is 2.75 bits per heavy atom. The summed E-state index contributed by atoms with van der Waals surface area (Å²) >= 11 is 6.89. The molecule has 2 heteroatoms. The van der Waals surface area contributed by atoms with Gasteiger partial charge in [-0.3, -0.25) is 0 Å². The number of aryl methyl sites for hydroxylation is 1. The van der Waals surface area contributed by atoms with Gasteiger partial charge in [0.15, 0.2) is 0 Å². The number of rotatable bonds is 2. The van der Waals surface area contributed by atoms with Crippen molar-refractivity contribution in [2.24, 2.45) is 0 Å². The molecule has 0 nitrogen and oxygen atoms in total. The molecule has 0 saturated carbocycles. The van der Waals surface area contributed by atoms with Crippen LogP contribution in [0.1, 0.15) is 12.0 Å². The van der Waals surface area contributed by atoms with E-state index in [0.29, 0.717) is 0 Å². The average molecular weight is 288 g/mol. The van der Waals surface area contributed by atoms with E-state index in [9.17, 15) is 0 Å². The van der Waals surface area contributed by atoms with Gasteiger partial charge in [0.25, 0.3) is 0 Å². The minimum absolute atomic E-state index is 0.787. The van der Waals surface area contributed by atoms with Crippen molar-refractivity contribution < 1.29 is 0 Å². The minimum Gasteiger partial charge on any atom is -0.120 e. The summed E-state index contributed by atoms with van der Waals surface area (Å²) in [6.07, 6.45) is 6.90. The molecule has 0 atom stereocenters. The van der Waals surface area contributed by atoms with Crippen molar-refractivity contribution in [2.75, 3.05) is 0 Å². The van der Waals surface area contributed by atoms with E-state index in [-0.39, 0.29) is 0 Å². The highest BCUT2D eigenvalue weighted by Crippen LogP contribution is 2.22. The maximum Gasteiger partial charge on any atom is 0.0208 e. The Balaban J connectivity index is 2.84. The highest BCUT2D eigenvalue weighted by atomic mass is 79.9. The average Bonchev–Trinajstić information content (AvgIpc) is 2.07. The van der Waals surface area contributed by atoms with E-state index in [4.69, 9.17) is 6.42 Å². The topological polar surface area (TPSA) is 0 Å². The van der Waals surface area contributed by atoms with Gasteiger partial charge >= 0.3 is 0 Å². The first-order valence-electron chi connectivity index (χ1n) is 3.61.